The Hall–Kier alpha value is -5.86. The van der Waals surface area contributed by atoms with E-state index in [0.29, 0.717) is 0 Å². The van der Waals surface area contributed by atoms with Crippen LogP contribution in [0.4, 0.5) is 11.4 Å². The number of para-hydroxylation sites is 3. The molecule has 7 aromatic carbocycles. The number of aromatic nitrogens is 1. The van der Waals surface area contributed by atoms with E-state index in [4.69, 9.17) is 0 Å². The lowest BCUT2D eigenvalue weighted by molar-refractivity contribution is 1.18. The topological polar surface area (TPSA) is 17.0 Å². The minimum atomic E-state index is 1.07. The van der Waals surface area contributed by atoms with Gasteiger partial charge >= 0.3 is 0 Å². The molecule has 0 aliphatic heterocycles. The molecule has 0 unspecified atom stereocenters. The average molecular weight is 563 g/mol. The average Bonchev–Trinajstić information content (AvgIpc) is 3.45. The van der Waals surface area contributed by atoms with E-state index in [2.05, 4.69) is 180 Å². The van der Waals surface area contributed by atoms with Crippen molar-refractivity contribution in [3.63, 3.8) is 0 Å². The quantitative estimate of drug-likeness (QED) is 0.213. The van der Waals surface area contributed by atoms with E-state index in [-0.39, 0.29) is 0 Å². The van der Waals surface area contributed by atoms with E-state index < -0.39 is 0 Å². The van der Waals surface area contributed by atoms with Gasteiger partial charge in [0.1, 0.15) is 0 Å². The first-order valence-corrected chi connectivity index (χ1v) is 15.0. The minimum Gasteiger partial charge on any atom is -0.356 e. The van der Waals surface area contributed by atoms with Crippen LogP contribution in [0.5, 0.6) is 0 Å². The zero-order valence-electron chi connectivity index (χ0n) is 24.2. The number of fused-ring (bicyclic) bond motifs is 3. The van der Waals surface area contributed by atoms with Crippen LogP contribution < -0.4 is 5.32 Å². The molecule has 0 amide bonds. The van der Waals surface area contributed by atoms with E-state index >= 15 is 0 Å². The predicted octanol–water partition coefficient (Wildman–Crippen LogP) is 11.5. The van der Waals surface area contributed by atoms with Gasteiger partial charge in [0.25, 0.3) is 0 Å². The van der Waals surface area contributed by atoms with Crippen molar-refractivity contribution >= 4 is 33.2 Å². The van der Waals surface area contributed by atoms with Crippen molar-refractivity contribution in [2.45, 2.75) is 0 Å². The first-order chi connectivity index (χ1) is 21.8. The van der Waals surface area contributed by atoms with Crippen LogP contribution in [-0.4, -0.2) is 4.57 Å². The van der Waals surface area contributed by atoms with E-state index in [0.717, 1.165) is 11.4 Å². The molecule has 208 valence electrons. The summed E-state index contributed by atoms with van der Waals surface area (Å²) in [5, 5.41) is 6.07. The lowest BCUT2D eigenvalue weighted by Gasteiger charge is -2.12. The largest absolute Gasteiger partial charge is 0.356 e. The molecule has 0 fully saturated rings. The lowest BCUT2D eigenvalue weighted by atomic mass is 9.98. The summed E-state index contributed by atoms with van der Waals surface area (Å²) in [4.78, 5) is 0. The summed E-state index contributed by atoms with van der Waals surface area (Å²) in [6, 6.07) is 62.7. The van der Waals surface area contributed by atoms with E-state index in [1.807, 2.05) is 6.07 Å². The Kier molecular flexibility index (Phi) is 6.51. The summed E-state index contributed by atoms with van der Waals surface area (Å²) >= 11 is 0. The van der Waals surface area contributed by atoms with Gasteiger partial charge in [-0.05, 0) is 70.3 Å². The van der Waals surface area contributed by atoms with Crippen LogP contribution in [0.15, 0.2) is 176 Å². The Morgan fingerprint density at radius 1 is 0.341 bits per heavy atom. The van der Waals surface area contributed by atoms with Gasteiger partial charge in [-0.1, -0.05) is 133 Å². The molecule has 2 heteroatoms. The van der Waals surface area contributed by atoms with Crippen molar-refractivity contribution in [1.82, 2.24) is 4.57 Å². The molecule has 0 spiro atoms. The van der Waals surface area contributed by atoms with Gasteiger partial charge in [0, 0.05) is 33.4 Å². The second-order valence-electron chi connectivity index (χ2n) is 11.1. The summed E-state index contributed by atoms with van der Waals surface area (Å²) < 4.78 is 2.40. The number of hydrogen-bond donors (Lipinski definition) is 1. The van der Waals surface area contributed by atoms with Crippen LogP contribution in [0.25, 0.3) is 60.9 Å². The third kappa shape index (κ3) is 4.73. The number of anilines is 2. The molecule has 1 heterocycles. The molecule has 1 aromatic heterocycles. The predicted molar refractivity (Wildman–Crippen MR) is 187 cm³/mol. The number of benzene rings is 7. The maximum atomic E-state index is 3.54. The van der Waals surface area contributed by atoms with Crippen molar-refractivity contribution in [2.24, 2.45) is 0 Å². The number of nitrogens with zero attached hydrogens (tertiary/aromatic N) is 1. The highest BCUT2D eigenvalue weighted by atomic mass is 15.0. The van der Waals surface area contributed by atoms with Gasteiger partial charge in [0.15, 0.2) is 0 Å². The molecule has 0 aliphatic carbocycles. The Bertz CT molecular complexity index is 2190. The molecule has 0 radical (unpaired) electrons. The number of nitrogens with one attached hydrogen (secondary N) is 1. The first-order valence-electron chi connectivity index (χ1n) is 15.0. The lowest BCUT2D eigenvalue weighted by Crippen LogP contribution is -1.95. The third-order valence-corrected chi connectivity index (χ3v) is 8.40. The molecule has 8 rings (SSSR count). The molecule has 44 heavy (non-hydrogen) atoms. The second-order valence-corrected chi connectivity index (χ2v) is 11.1. The Balaban J connectivity index is 1.08. The summed E-state index contributed by atoms with van der Waals surface area (Å²) in [6.45, 7) is 0. The van der Waals surface area contributed by atoms with Crippen LogP contribution >= 0.6 is 0 Å². The summed E-state index contributed by atoms with van der Waals surface area (Å²) in [5.41, 5.74) is 13.0. The molecule has 2 nitrogen and oxygen atoms in total. The highest BCUT2D eigenvalue weighted by Gasteiger charge is 2.16. The van der Waals surface area contributed by atoms with Crippen LogP contribution in [0.3, 0.4) is 0 Å². The van der Waals surface area contributed by atoms with Crippen molar-refractivity contribution in [3.8, 4) is 39.1 Å². The maximum Gasteiger partial charge on any atom is 0.0619 e. The molecular weight excluding hydrogens is 532 g/mol. The Morgan fingerprint density at radius 2 is 0.818 bits per heavy atom. The van der Waals surface area contributed by atoms with Crippen LogP contribution in [0.2, 0.25) is 0 Å². The van der Waals surface area contributed by atoms with Crippen molar-refractivity contribution in [3.05, 3.63) is 176 Å². The standard InChI is InChI=1S/C42H30N2/c1-3-10-30(11-4-1)32-22-26-35(27-23-32)43-36-28-24-33(25-29-36)31-18-20-34(21-19-31)38-15-9-16-40-39-14-7-8-17-41(39)44(42(38)40)37-12-5-2-6-13-37/h1-29,43H. The molecule has 0 saturated carbocycles. The molecule has 0 atom stereocenters. The van der Waals surface area contributed by atoms with Crippen LogP contribution in [-0.2, 0) is 0 Å². The van der Waals surface area contributed by atoms with Crippen molar-refractivity contribution < 1.29 is 0 Å². The monoisotopic (exact) mass is 562 g/mol. The van der Waals surface area contributed by atoms with Gasteiger partial charge in [-0.25, -0.2) is 0 Å². The molecular formula is C42H30N2. The fourth-order valence-electron chi connectivity index (χ4n) is 6.23. The van der Waals surface area contributed by atoms with Gasteiger partial charge in [0.05, 0.1) is 11.0 Å². The molecule has 0 saturated heterocycles. The fourth-order valence-corrected chi connectivity index (χ4v) is 6.23. The van der Waals surface area contributed by atoms with Crippen molar-refractivity contribution in [1.29, 1.82) is 0 Å². The number of hydrogen-bond acceptors (Lipinski definition) is 1. The summed E-state index contributed by atoms with van der Waals surface area (Å²) in [6.07, 6.45) is 0. The summed E-state index contributed by atoms with van der Waals surface area (Å²) in [5.74, 6) is 0. The van der Waals surface area contributed by atoms with Gasteiger partial charge < -0.3 is 9.88 Å². The summed E-state index contributed by atoms with van der Waals surface area (Å²) in [7, 11) is 0. The highest BCUT2D eigenvalue weighted by Crippen LogP contribution is 2.38. The van der Waals surface area contributed by atoms with E-state index in [9.17, 15) is 0 Å². The fraction of sp³-hybridized carbons (Fsp3) is 0. The molecule has 0 bridgehead atoms. The second kappa shape index (κ2) is 11.1. The number of rotatable bonds is 6. The van der Waals surface area contributed by atoms with Gasteiger partial charge in [0.2, 0.25) is 0 Å². The zero-order chi connectivity index (χ0) is 29.3. The maximum absolute atomic E-state index is 3.54. The normalized spacial score (nSPS) is 11.2. The Morgan fingerprint density at radius 3 is 1.45 bits per heavy atom. The molecule has 0 aliphatic rings. The van der Waals surface area contributed by atoms with E-state index in [1.165, 1.54) is 60.9 Å². The Labute approximate surface area is 257 Å². The SMILES string of the molecule is c1ccc(-c2ccc(Nc3ccc(-c4ccc(-c5cccc6c7ccccc7n(-c7ccccc7)c56)cc4)cc3)cc2)cc1. The smallest absolute Gasteiger partial charge is 0.0619 e. The molecule has 1 N–H and O–H groups in total. The van der Waals surface area contributed by atoms with Crippen molar-refractivity contribution in [2.75, 3.05) is 5.32 Å². The zero-order valence-corrected chi connectivity index (χ0v) is 24.2. The first kappa shape index (κ1) is 25.8. The van der Waals surface area contributed by atoms with Crippen LogP contribution in [0.1, 0.15) is 0 Å². The molecule has 8 aromatic rings. The van der Waals surface area contributed by atoms with Gasteiger partial charge in [-0.15, -0.1) is 0 Å². The highest BCUT2D eigenvalue weighted by molar-refractivity contribution is 6.13. The minimum absolute atomic E-state index is 1.07. The van der Waals surface area contributed by atoms with Gasteiger partial charge in [-0.3, -0.25) is 0 Å². The van der Waals surface area contributed by atoms with Gasteiger partial charge in [-0.2, -0.15) is 0 Å². The van der Waals surface area contributed by atoms with Crippen LogP contribution in [0, 0.1) is 0 Å². The third-order valence-electron chi connectivity index (χ3n) is 8.40. The van der Waals surface area contributed by atoms with E-state index in [1.54, 1.807) is 0 Å².